The SMILES string of the molecule is C=CCC1(C(NCC)C2CCC(C=C)(c3c(N(C)C)cnc4[nH]c(-c5cnn(C)c5)c(-c5ccc6c(cnn6C)c5)c34)C2)CCC1. The number of anilines is 1. The van der Waals surface area contributed by atoms with E-state index in [1.54, 1.807) is 0 Å². The van der Waals surface area contributed by atoms with Crippen molar-refractivity contribution in [2.75, 3.05) is 25.5 Å². The molecule has 3 unspecified atom stereocenters. The second-order valence-corrected chi connectivity index (χ2v) is 14.1. The van der Waals surface area contributed by atoms with Crippen molar-refractivity contribution < 1.29 is 0 Å². The van der Waals surface area contributed by atoms with Gasteiger partial charge in [-0.1, -0.05) is 31.6 Å². The number of pyridine rings is 1. The van der Waals surface area contributed by atoms with E-state index in [4.69, 9.17) is 4.98 Å². The van der Waals surface area contributed by atoms with Crippen molar-refractivity contribution in [1.82, 2.24) is 34.8 Å². The summed E-state index contributed by atoms with van der Waals surface area (Å²) in [6.07, 6.45) is 20.7. The van der Waals surface area contributed by atoms with Crippen LogP contribution in [-0.2, 0) is 19.5 Å². The molecule has 8 nitrogen and oxygen atoms in total. The summed E-state index contributed by atoms with van der Waals surface area (Å²) in [5, 5.41) is 15.4. The van der Waals surface area contributed by atoms with Gasteiger partial charge in [0.2, 0.25) is 0 Å². The normalized spacial score (nSPS) is 21.5. The molecule has 46 heavy (non-hydrogen) atoms. The fourth-order valence-corrected chi connectivity index (χ4v) is 8.94. The predicted molar refractivity (Wildman–Crippen MR) is 190 cm³/mol. The molecule has 4 heterocycles. The van der Waals surface area contributed by atoms with E-state index < -0.39 is 0 Å². The van der Waals surface area contributed by atoms with Gasteiger partial charge in [0, 0.05) is 67.7 Å². The van der Waals surface area contributed by atoms with Crippen LogP contribution >= 0.6 is 0 Å². The Hall–Kier alpha value is -4.17. The zero-order valence-corrected chi connectivity index (χ0v) is 28.1. The van der Waals surface area contributed by atoms with Crippen LogP contribution in [0.2, 0.25) is 0 Å². The average molecular weight is 617 g/mol. The minimum Gasteiger partial charge on any atom is -0.376 e. The highest BCUT2D eigenvalue weighted by Crippen LogP contribution is 2.57. The highest BCUT2D eigenvalue weighted by molar-refractivity contribution is 6.07. The number of hydrogen-bond acceptors (Lipinski definition) is 5. The summed E-state index contributed by atoms with van der Waals surface area (Å²) in [7, 11) is 8.24. The van der Waals surface area contributed by atoms with Gasteiger partial charge in [-0.3, -0.25) is 9.36 Å². The zero-order chi connectivity index (χ0) is 32.2. The fraction of sp³-hybridized carbons (Fsp3) is 0.447. The molecule has 0 spiro atoms. The Labute approximate surface area is 272 Å². The van der Waals surface area contributed by atoms with Crippen LogP contribution in [0.15, 0.2) is 68.3 Å². The third-order valence-electron chi connectivity index (χ3n) is 11.2. The molecule has 2 aliphatic rings. The Balaban J connectivity index is 1.46. The van der Waals surface area contributed by atoms with Crippen LogP contribution in [0.4, 0.5) is 5.69 Å². The molecule has 8 heteroatoms. The molecule has 240 valence electrons. The monoisotopic (exact) mass is 616 g/mol. The predicted octanol–water partition coefficient (Wildman–Crippen LogP) is 7.53. The van der Waals surface area contributed by atoms with Crippen LogP contribution < -0.4 is 10.2 Å². The van der Waals surface area contributed by atoms with Gasteiger partial charge < -0.3 is 15.2 Å². The number of fused-ring (bicyclic) bond motifs is 2. The number of aromatic amines is 1. The highest BCUT2D eigenvalue weighted by Gasteiger charge is 2.51. The number of nitrogens with zero attached hydrogens (tertiary/aromatic N) is 6. The van der Waals surface area contributed by atoms with Gasteiger partial charge in [-0.15, -0.1) is 13.2 Å². The van der Waals surface area contributed by atoms with E-state index >= 15 is 0 Å². The van der Waals surface area contributed by atoms with Crippen LogP contribution in [-0.4, -0.2) is 56.2 Å². The zero-order valence-electron chi connectivity index (χ0n) is 28.1. The van der Waals surface area contributed by atoms with Gasteiger partial charge in [0.15, 0.2) is 0 Å². The van der Waals surface area contributed by atoms with Crippen LogP contribution in [0.3, 0.4) is 0 Å². The molecule has 2 saturated carbocycles. The standard InChI is InChI=1S/C38H48N8/c1-8-15-38(16-11-17-38)35(39-10-3)26-14-18-37(9-2,20-26)33-30(44(4)5)23-40-36-32(33)31(34(43-36)28-22-41-45(6)24-28)25-12-13-29-27(19-25)21-42-46(29)7/h8-9,12-13,19,21-24,26,35,39H,1-2,10-11,14-18,20H2,3-7H3,(H,40,43). The van der Waals surface area contributed by atoms with Crippen molar-refractivity contribution in [2.24, 2.45) is 25.4 Å². The molecule has 0 radical (unpaired) electrons. The van der Waals surface area contributed by atoms with E-state index in [1.165, 1.54) is 30.2 Å². The second kappa shape index (κ2) is 11.6. The van der Waals surface area contributed by atoms with Gasteiger partial charge in [0.25, 0.3) is 0 Å². The van der Waals surface area contributed by atoms with Crippen molar-refractivity contribution in [3.8, 4) is 22.4 Å². The minimum atomic E-state index is -0.209. The lowest BCUT2D eigenvalue weighted by atomic mass is 9.58. The Morgan fingerprint density at radius 1 is 1.11 bits per heavy atom. The van der Waals surface area contributed by atoms with E-state index in [9.17, 15) is 0 Å². The van der Waals surface area contributed by atoms with Crippen molar-refractivity contribution in [2.45, 2.75) is 63.3 Å². The van der Waals surface area contributed by atoms with Gasteiger partial charge in [0.05, 0.1) is 35.5 Å². The average Bonchev–Trinajstić information content (AvgIpc) is 3.82. The minimum absolute atomic E-state index is 0.209. The van der Waals surface area contributed by atoms with E-state index in [0.717, 1.165) is 76.8 Å². The van der Waals surface area contributed by atoms with Crippen molar-refractivity contribution in [1.29, 1.82) is 0 Å². The molecule has 0 bridgehead atoms. The highest BCUT2D eigenvalue weighted by atomic mass is 15.2. The van der Waals surface area contributed by atoms with Crippen molar-refractivity contribution in [3.63, 3.8) is 0 Å². The first-order valence-corrected chi connectivity index (χ1v) is 16.9. The number of H-pyrrole nitrogens is 1. The van der Waals surface area contributed by atoms with Crippen LogP contribution in [0.25, 0.3) is 44.3 Å². The van der Waals surface area contributed by atoms with Crippen molar-refractivity contribution in [3.05, 3.63) is 73.9 Å². The van der Waals surface area contributed by atoms with Crippen LogP contribution in [0, 0.1) is 11.3 Å². The summed E-state index contributed by atoms with van der Waals surface area (Å²) in [6.45, 7) is 12.0. The fourth-order valence-electron chi connectivity index (χ4n) is 8.94. The first-order chi connectivity index (χ1) is 22.2. The number of rotatable bonds is 11. The lowest BCUT2D eigenvalue weighted by Gasteiger charge is -2.50. The first kappa shape index (κ1) is 30.5. The molecule has 0 saturated heterocycles. The molecule has 2 N–H and O–H groups in total. The number of allylic oxidation sites excluding steroid dienone is 2. The van der Waals surface area contributed by atoms with E-state index in [0.29, 0.717) is 17.4 Å². The molecular weight excluding hydrogens is 568 g/mol. The summed E-state index contributed by atoms with van der Waals surface area (Å²) in [5.74, 6) is 0.545. The Morgan fingerprint density at radius 2 is 1.93 bits per heavy atom. The van der Waals surface area contributed by atoms with Gasteiger partial charge in [0.1, 0.15) is 5.65 Å². The lowest BCUT2D eigenvalue weighted by molar-refractivity contribution is 0.0456. The largest absolute Gasteiger partial charge is 0.376 e. The van der Waals surface area contributed by atoms with Crippen LogP contribution in [0.1, 0.15) is 57.4 Å². The van der Waals surface area contributed by atoms with Gasteiger partial charge >= 0.3 is 0 Å². The number of aromatic nitrogens is 6. The summed E-state index contributed by atoms with van der Waals surface area (Å²) >= 11 is 0. The first-order valence-electron chi connectivity index (χ1n) is 16.9. The van der Waals surface area contributed by atoms with Crippen molar-refractivity contribution >= 4 is 27.6 Å². The molecule has 3 atom stereocenters. The third-order valence-corrected chi connectivity index (χ3v) is 11.2. The smallest absolute Gasteiger partial charge is 0.138 e. The Morgan fingerprint density at radius 3 is 2.59 bits per heavy atom. The topological polar surface area (TPSA) is 79.6 Å². The number of nitrogens with one attached hydrogen (secondary N) is 2. The molecule has 2 fully saturated rings. The number of hydrogen-bond donors (Lipinski definition) is 2. The van der Waals surface area contributed by atoms with Crippen LogP contribution in [0.5, 0.6) is 0 Å². The molecule has 2 aliphatic carbocycles. The molecule has 0 aliphatic heterocycles. The Kier molecular flexibility index (Phi) is 7.67. The van der Waals surface area contributed by atoms with E-state index in [1.807, 2.05) is 35.9 Å². The lowest BCUT2D eigenvalue weighted by Crippen LogP contribution is -2.53. The Bertz CT molecular complexity index is 1920. The molecule has 1 aromatic carbocycles. The maximum Gasteiger partial charge on any atom is 0.138 e. The summed E-state index contributed by atoms with van der Waals surface area (Å²) in [5.41, 5.74) is 8.97. The third kappa shape index (κ3) is 4.72. The van der Waals surface area contributed by atoms with E-state index in [-0.39, 0.29) is 5.41 Å². The molecule has 4 aromatic heterocycles. The second-order valence-electron chi connectivity index (χ2n) is 14.1. The van der Waals surface area contributed by atoms with Gasteiger partial charge in [-0.25, -0.2) is 4.98 Å². The molecule has 5 aromatic rings. The quantitative estimate of drug-likeness (QED) is 0.150. The van der Waals surface area contributed by atoms with Gasteiger partial charge in [-0.2, -0.15) is 10.2 Å². The summed E-state index contributed by atoms with van der Waals surface area (Å²) < 4.78 is 3.79. The number of benzene rings is 1. The maximum absolute atomic E-state index is 5.08. The summed E-state index contributed by atoms with van der Waals surface area (Å²) in [6, 6.07) is 7.15. The molecule has 7 rings (SSSR count). The molecular formula is C38H48N8. The maximum atomic E-state index is 5.08. The molecule has 0 amide bonds. The van der Waals surface area contributed by atoms with Gasteiger partial charge in [-0.05, 0) is 79.7 Å². The number of aryl methyl sites for hydroxylation is 2. The van der Waals surface area contributed by atoms with E-state index in [2.05, 4.69) is 102 Å². The summed E-state index contributed by atoms with van der Waals surface area (Å²) in [4.78, 5) is 11.1.